The second-order valence-electron chi connectivity index (χ2n) is 10.4. The van der Waals surface area contributed by atoms with Crippen LogP contribution >= 0.6 is 0 Å². The molecule has 182 valence electrons. The number of amides is 1. The average Bonchev–Trinajstić information content (AvgIpc) is 3.05. The first kappa shape index (κ1) is 24.8. The molecule has 2 fully saturated rings. The first-order valence-corrected chi connectivity index (χ1v) is 12.2. The SMILES string of the molecule is CC(c1ccc(B2OC(C)(C)C(C)(C)O2)cc1)N1CCC(CCCO)(c2ccccc2)OC1=O. The van der Waals surface area contributed by atoms with Gasteiger partial charge >= 0.3 is 13.2 Å². The zero-order valence-electron chi connectivity index (χ0n) is 20.9. The first-order chi connectivity index (χ1) is 16.1. The van der Waals surface area contributed by atoms with Crippen LogP contribution in [-0.2, 0) is 19.6 Å². The summed E-state index contributed by atoms with van der Waals surface area (Å²) < 4.78 is 18.4. The molecule has 4 rings (SSSR count). The van der Waals surface area contributed by atoms with Gasteiger partial charge in [0.2, 0.25) is 0 Å². The Bertz CT molecular complexity index is 978. The van der Waals surface area contributed by atoms with Crippen LogP contribution in [0.5, 0.6) is 0 Å². The number of nitrogens with zero attached hydrogens (tertiary/aromatic N) is 1. The topological polar surface area (TPSA) is 68.2 Å². The molecule has 2 heterocycles. The fraction of sp³-hybridized carbons (Fsp3) is 0.519. The van der Waals surface area contributed by atoms with Crippen molar-refractivity contribution in [2.24, 2.45) is 0 Å². The highest BCUT2D eigenvalue weighted by molar-refractivity contribution is 6.62. The summed E-state index contributed by atoms with van der Waals surface area (Å²) in [6.07, 6.45) is 1.54. The van der Waals surface area contributed by atoms with Gasteiger partial charge in [-0.2, -0.15) is 0 Å². The summed E-state index contributed by atoms with van der Waals surface area (Å²) in [5.41, 5.74) is 1.50. The van der Waals surface area contributed by atoms with Crippen LogP contribution in [0.15, 0.2) is 54.6 Å². The number of aliphatic hydroxyl groups is 1. The minimum absolute atomic E-state index is 0.0708. The highest BCUT2D eigenvalue weighted by Gasteiger charge is 2.51. The molecule has 2 aliphatic heterocycles. The number of carbonyl (C=O) groups is 1. The molecule has 2 aromatic rings. The predicted molar refractivity (Wildman–Crippen MR) is 133 cm³/mol. The smallest absolute Gasteiger partial charge is 0.438 e. The third kappa shape index (κ3) is 4.61. The molecule has 0 aromatic heterocycles. The summed E-state index contributed by atoms with van der Waals surface area (Å²) >= 11 is 0. The molecule has 0 bridgehead atoms. The van der Waals surface area contributed by atoms with Crippen molar-refractivity contribution >= 4 is 18.7 Å². The highest BCUT2D eigenvalue weighted by Crippen LogP contribution is 2.40. The number of carbonyl (C=O) groups excluding carboxylic acids is 1. The quantitative estimate of drug-likeness (QED) is 0.608. The molecular formula is C27H36BNO5. The zero-order chi connectivity index (χ0) is 24.6. The van der Waals surface area contributed by atoms with Crippen molar-refractivity contribution in [2.45, 2.75) is 76.7 Å². The van der Waals surface area contributed by atoms with E-state index in [4.69, 9.17) is 14.0 Å². The van der Waals surface area contributed by atoms with Gasteiger partial charge in [-0.1, -0.05) is 54.6 Å². The van der Waals surface area contributed by atoms with Gasteiger partial charge in [0.15, 0.2) is 0 Å². The van der Waals surface area contributed by atoms with E-state index in [2.05, 4.69) is 0 Å². The number of aliphatic hydroxyl groups excluding tert-OH is 1. The molecule has 34 heavy (non-hydrogen) atoms. The van der Waals surface area contributed by atoms with Crippen molar-refractivity contribution in [1.82, 2.24) is 4.90 Å². The molecule has 0 aliphatic carbocycles. The van der Waals surface area contributed by atoms with Crippen LogP contribution < -0.4 is 5.46 Å². The van der Waals surface area contributed by atoms with E-state index >= 15 is 0 Å². The van der Waals surface area contributed by atoms with Crippen LogP contribution in [0.25, 0.3) is 0 Å². The van der Waals surface area contributed by atoms with E-state index < -0.39 is 12.7 Å². The lowest BCUT2D eigenvalue weighted by molar-refractivity contribution is -0.0680. The molecule has 1 N–H and O–H groups in total. The predicted octanol–water partition coefficient (Wildman–Crippen LogP) is 4.56. The Hall–Kier alpha value is -2.35. The van der Waals surface area contributed by atoms with E-state index in [1.165, 1.54) is 0 Å². The lowest BCUT2D eigenvalue weighted by Crippen LogP contribution is -2.48. The Morgan fingerprint density at radius 2 is 1.62 bits per heavy atom. The molecule has 0 spiro atoms. The van der Waals surface area contributed by atoms with Crippen LogP contribution in [0, 0.1) is 0 Å². The van der Waals surface area contributed by atoms with E-state index in [9.17, 15) is 9.90 Å². The molecule has 2 atom stereocenters. The van der Waals surface area contributed by atoms with Gasteiger partial charge < -0.3 is 24.1 Å². The second kappa shape index (κ2) is 9.36. The molecule has 2 saturated heterocycles. The van der Waals surface area contributed by atoms with Gasteiger partial charge in [-0.05, 0) is 64.1 Å². The number of hydrogen-bond donors (Lipinski definition) is 1. The molecule has 2 aromatic carbocycles. The lowest BCUT2D eigenvalue weighted by atomic mass is 9.78. The fourth-order valence-corrected chi connectivity index (χ4v) is 4.74. The number of cyclic esters (lactones) is 1. The van der Waals surface area contributed by atoms with Gasteiger partial charge in [0, 0.05) is 19.6 Å². The molecule has 7 heteroatoms. The van der Waals surface area contributed by atoms with Gasteiger partial charge in [0.05, 0.1) is 17.2 Å². The lowest BCUT2D eigenvalue weighted by Gasteiger charge is -2.43. The van der Waals surface area contributed by atoms with Crippen LogP contribution in [-0.4, -0.2) is 47.6 Å². The van der Waals surface area contributed by atoms with E-state index in [0.717, 1.165) is 16.6 Å². The molecule has 0 radical (unpaired) electrons. The van der Waals surface area contributed by atoms with Crippen molar-refractivity contribution < 1.29 is 23.9 Å². The summed E-state index contributed by atoms with van der Waals surface area (Å²) in [6, 6.07) is 17.8. The minimum atomic E-state index is -0.697. The van der Waals surface area contributed by atoms with Gasteiger partial charge in [-0.3, -0.25) is 0 Å². The van der Waals surface area contributed by atoms with Gasteiger partial charge in [-0.25, -0.2) is 4.79 Å². The van der Waals surface area contributed by atoms with Crippen LogP contribution in [0.4, 0.5) is 4.79 Å². The molecule has 6 nitrogen and oxygen atoms in total. The molecule has 1 amide bonds. The van der Waals surface area contributed by atoms with Crippen molar-refractivity contribution in [3.05, 3.63) is 65.7 Å². The standard InChI is InChI=1S/C27H36BNO5/c1-20(21-12-14-23(15-13-21)28-33-25(2,3)26(4,5)34-28)29-18-17-27(16-9-19-30,32-24(29)31)22-10-7-6-8-11-22/h6-8,10-15,20,30H,9,16-19H2,1-5H3. The molecule has 0 saturated carbocycles. The Morgan fingerprint density at radius 1 is 1.00 bits per heavy atom. The second-order valence-corrected chi connectivity index (χ2v) is 10.4. The molecular weight excluding hydrogens is 429 g/mol. The van der Waals surface area contributed by atoms with E-state index in [0.29, 0.717) is 25.8 Å². The van der Waals surface area contributed by atoms with Crippen LogP contribution in [0.1, 0.15) is 71.0 Å². The highest BCUT2D eigenvalue weighted by atomic mass is 16.7. The average molecular weight is 465 g/mol. The third-order valence-electron chi connectivity index (χ3n) is 7.72. The number of rotatable bonds is 7. The van der Waals surface area contributed by atoms with Gasteiger partial charge in [-0.15, -0.1) is 0 Å². The third-order valence-corrected chi connectivity index (χ3v) is 7.72. The largest absolute Gasteiger partial charge is 0.494 e. The monoisotopic (exact) mass is 465 g/mol. The number of hydrogen-bond acceptors (Lipinski definition) is 5. The van der Waals surface area contributed by atoms with Gasteiger partial charge in [0.25, 0.3) is 0 Å². The molecule has 2 aliphatic rings. The van der Waals surface area contributed by atoms with Crippen molar-refractivity contribution in [1.29, 1.82) is 0 Å². The zero-order valence-corrected chi connectivity index (χ0v) is 20.9. The maximum absolute atomic E-state index is 13.2. The Balaban J connectivity index is 1.47. The summed E-state index contributed by atoms with van der Waals surface area (Å²) in [4.78, 5) is 15.0. The summed E-state index contributed by atoms with van der Waals surface area (Å²) in [5.74, 6) is 0. The normalized spacial score (nSPS) is 24.7. The Morgan fingerprint density at radius 3 is 2.18 bits per heavy atom. The summed E-state index contributed by atoms with van der Waals surface area (Å²) in [7, 11) is -0.410. The maximum atomic E-state index is 13.2. The maximum Gasteiger partial charge on any atom is 0.494 e. The van der Waals surface area contributed by atoms with E-state index in [1.807, 2.05) is 89.2 Å². The molecule has 2 unspecified atom stereocenters. The van der Waals surface area contributed by atoms with Crippen LogP contribution in [0.3, 0.4) is 0 Å². The van der Waals surface area contributed by atoms with Gasteiger partial charge in [0.1, 0.15) is 5.60 Å². The van der Waals surface area contributed by atoms with Crippen LogP contribution in [0.2, 0.25) is 0 Å². The fourth-order valence-electron chi connectivity index (χ4n) is 4.74. The van der Waals surface area contributed by atoms with Crippen molar-refractivity contribution in [3.63, 3.8) is 0 Å². The summed E-state index contributed by atoms with van der Waals surface area (Å²) in [5, 5.41) is 9.40. The first-order valence-electron chi connectivity index (χ1n) is 12.2. The van der Waals surface area contributed by atoms with Crippen molar-refractivity contribution in [3.8, 4) is 0 Å². The Kier molecular flexibility index (Phi) is 6.82. The summed E-state index contributed by atoms with van der Waals surface area (Å²) in [6.45, 7) is 10.8. The minimum Gasteiger partial charge on any atom is -0.438 e. The van der Waals surface area contributed by atoms with Crippen molar-refractivity contribution in [2.75, 3.05) is 13.2 Å². The van der Waals surface area contributed by atoms with E-state index in [-0.39, 0.29) is 29.9 Å². The number of ether oxygens (including phenoxy) is 1. The number of benzene rings is 2. The van der Waals surface area contributed by atoms with E-state index in [1.54, 1.807) is 4.90 Å². The Labute approximate surface area is 203 Å².